The predicted octanol–water partition coefficient (Wildman–Crippen LogP) is 7.79. The minimum atomic E-state index is 0.515. The van der Waals surface area contributed by atoms with Crippen LogP contribution in [0.1, 0.15) is 97.8 Å². The second kappa shape index (κ2) is 17.5. The molecule has 0 aliphatic carbocycles. The van der Waals surface area contributed by atoms with Crippen molar-refractivity contribution in [3.8, 4) is 5.75 Å². The van der Waals surface area contributed by atoms with Gasteiger partial charge in [-0.05, 0) is 43.9 Å². The largest absolute Gasteiger partial charge is 0.311 e. The van der Waals surface area contributed by atoms with Crippen LogP contribution < -0.4 is 4.89 Å². The summed E-state index contributed by atoms with van der Waals surface area (Å²) >= 11 is 0. The van der Waals surface area contributed by atoms with Gasteiger partial charge in [0.2, 0.25) is 0 Å². The lowest BCUT2D eigenvalue weighted by molar-refractivity contribution is -0.685. The molecule has 5 nitrogen and oxygen atoms in total. The van der Waals surface area contributed by atoms with Gasteiger partial charge in [0, 0.05) is 21.5 Å². The highest BCUT2D eigenvalue weighted by atomic mass is 17.8. The molecule has 0 atom stereocenters. The van der Waals surface area contributed by atoms with Gasteiger partial charge in [-0.2, -0.15) is 0 Å². The lowest BCUT2D eigenvalue weighted by atomic mass is 10.0. The van der Waals surface area contributed by atoms with Crippen molar-refractivity contribution in [2.45, 2.75) is 97.8 Å². The average molecular weight is 395 g/mol. The van der Waals surface area contributed by atoms with Crippen molar-refractivity contribution >= 4 is 0 Å². The fourth-order valence-electron chi connectivity index (χ4n) is 2.94. The van der Waals surface area contributed by atoms with E-state index >= 15 is 0 Å². The molecule has 5 heteroatoms. The highest BCUT2D eigenvalue weighted by Crippen LogP contribution is 2.21. The van der Waals surface area contributed by atoms with Crippen LogP contribution in [-0.4, -0.2) is 0 Å². The van der Waals surface area contributed by atoms with Gasteiger partial charge >= 0.3 is 0 Å². The maximum Gasteiger partial charge on any atom is 0.168 e. The first-order chi connectivity index (χ1) is 13.8. The molecule has 1 aromatic rings. The Kier molecular flexibility index (Phi) is 15.3. The molecule has 0 amide bonds. The summed E-state index contributed by atoms with van der Waals surface area (Å²) in [5.41, 5.74) is 1.21. The third-order valence-electron chi connectivity index (χ3n) is 4.70. The van der Waals surface area contributed by atoms with E-state index in [9.17, 15) is 0 Å². The summed E-state index contributed by atoms with van der Waals surface area (Å²) in [5.74, 6) is 1.34. The van der Waals surface area contributed by atoms with Gasteiger partial charge < -0.3 is 9.78 Å². The zero-order valence-corrected chi connectivity index (χ0v) is 17.9. The number of rotatable bonds is 18. The molecule has 0 bridgehead atoms. The Balaban J connectivity index is 2.34. The smallest absolute Gasteiger partial charge is 0.168 e. The van der Waals surface area contributed by atoms with Crippen LogP contribution in [0.5, 0.6) is 5.75 Å². The van der Waals surface area contributed by atoms with E-state index in [1.807, 2.05) is 18.2 Å². The number of benzene rings is 1. The van der Waals surface area contributed by atoms with E-state index in [4.69, 9.17) is 14.8 Å². The maximum atomic E-state index is 5.38. The van der Waals surface area contributed by atoms with Crippen LogP contribution in [0, 0.1) is 0 Å². The molecule has 0 N–H and O–H groups in total. The van der Waals surface area contributed by atoms with Crippen molar-refractivity contribution in [2.24, 2.45) is 0 Å². The third kappa shape index (κ3) is 12.8. The van der Waals surface area contributed by atoms with Crippen LogP contribution in [0.15, 0.2) is 41.7 Å². The Morgan fingerprint density at radius 1 is 0.679 bits per heavy atom. The number of allylic oxidation sites excluding steroid dienone is 2. The molecular formula is C23H38O5. The first kappa shape index (κ1) is 24.5. The topological polar surface area (TPSA) is 46.2 Å². The summed E-state index contributed by atoms with van der Waals surface area (Å²) in [4.78, 5) is 10.3. The van der Waals surface area contributed by atoms with Crippen molar-refractivity contribution < 1.29 is 24.9 Å². The van der Waals surface area contributed by atoms with Gasteiger partial charge in [-0.3, -0.25) is 0 Å². The molecule has 0 spiro atoms. The molecule has 0 unspecified atom stereocenters. The van der Waals surface area contributed by atoms with Crippen LogP contribution in [0.2, 0.25) is 0 Å². The van der Waals surface area contributed by atoms with Crippen molar-refractivity contribution in [3.05, 3.63) is 41.7 Å². The van der Waals surface area contributed by atoms with Gasteiger partial charge in [0.05, 0.1) is 0 Å². The van der Waals surface area contributed by atoms with E-state index in [2.05, 4.69) is 30.8 Å². The Hall–Kier alpha value is -1.56. The van der Waals surface area contributed by atoms with E-state index in [0.29, 0.717) is 5.75 Å². The zero-order valence-electron chi connectivity index (χ0n) is 17.9. The second-order valence-electron chi connectivity index (χ2n) is 7.22. The lowest BCUT2D eigenvalue weighted by Gasteiger charge is -2.11. The third-order valence-corrected chi connectivity index (χ3v) is 4.70. The Bertz CT molecular complexity index is 501. The molecular weight excluding hydrogens is 356 g/mol. The van der Waals surface area contributed by atoms with Gasteiger partial charge in [0.15, 0.2) is 5.75 Å². The highest BCUT2D eigenvalue weighted by molar-refractivity contribution is 5.19. The minimum absolute atomic E-state index is 0.515. The summed E-state index contributed by atoms with van der Waals surface area (Å²) in [6, 6.07) is 9.04. The summed E-state index contributed by atoms with van der Waals surface area (Å²) in [6.07, 6.45) is 14.2. The van der Waals surface area contributed by atoms with Crippen molar-refractivity contribution in [1.82, 2.24) is 0 Å². The van der Waals surface area contributed by atoms with Crippen LogP contribution >= 0.6 is 0 Å². The average Bonchev–Trinajstić information content (AvgIpc) is 2.72. The van der Waals surface area contributed by atoms with E-state index in [1.54, 1.807) is 12.1 Å². The van der Waals surface area contributed by atoms with Crippen molar-refractivity contribution in [1.29, 1.82) is 0 Å². The van der Waals surface area contributed by atoms with Crippen LogP contribution in [0.4, 0.5) is 0 Å². The highest BCUT2D eigenvalue weighted by Gasteiger charge is 2.08. The minimum Gasteiger partial charge on any atom is -0.311 e. The van der Waals surface area contributed by atoms with Gasteiger partial charge in [-0.1, -0.05) is 83.4 Å². The standard InChI is InChI=1S/C23H38O5/c1-4-6-8-10-13-17-21(3)23(20-16-11-9-7-5-2)25-27-28-26-24-22-18-14-12-15-19-22/h12,14-15,18-19H,4-11,13,16-17,20H2,1-3H3. The molecule has 0 saturated carbocycles. The number of para-hydroxylation sites is 1. The maximum absolute atomic E-state index is 5.38. The fourth-order valence-corrected chi connectivity index (χ4v) is 2.94. The van der Waals surface area contributed by atoms with E-state index in [-0.39, 0.29) is 0 Å². The molecule has 0 fully saturated rings. The summed E-state index contributed by atoms with van der Waals surface area (Å²) in [7, 11) is 0. The summed E-state index contributed by atoms with van der Waals surface area (Å²) < 4.78 is 0. The Morgan fingerprint density at radius 2 is 1.29 bits per heavy atom. The molecule has 0 aliphatic rings. The van der Waals surface area contributed by atoms with Gasteiger partial charge in [0.1, 0.15) is 5.76 Å². The molecule has 0 radical (unpaired) electrons. The fraction of sp³-hybridized carbons (Fsp3) is 0.652. The molecule has 160 valence electrons. The van der Waals surface area contributed by atoms with Gasteiger partial charge in [-0.25, -0.2) is 0 Å². The molecule has 0 aromatic heterocycles. The number of hydrogen-bond acceptors (Lipinski definition) is 5. The van der Waals surface area contributed by atoms with Crippen LogP contribution in [0.25, 0.3) is 0 Å². The Morgan fingerprint density at radius 3 is 1.93 bits per heavy atom. The molecule has 28 heavy (non-hydrogen) atoms. The molecule has 1 rings (SSSR count). The molecule has 0 heterocycles. The second-order valence-corrected chi connectivity index (χ2v) is 7.22. The van der Waals surface area contributed by atoms with E-state index in [0.717, 1.165) is 25.0 Å². The SMILES string of the molecule is CCCCCCCC(C)=C(CCCCCCC)OOOOOc1ccccc1. The van der Waals surface area contributed by atoms with Gasteiger partial charge in [-0.15, -0.1) is 0 Å². The van der Waals surface area contributed by atoms with Crippen LogP contribution in [0.3, 0.4) is 0 Å². The Labute approximate surface area is 170 Å². The normalized spacial score (nSPS) is 12.0. The predicted molar refractivity (Wildman–Crippen MR) is 111 cm³/mol. The number of hydrogen-bond donors (Lipinski definition) is 0. The van der Waals surface area contributed by atoms with E-state index in [1.165, 1.54) is 63.4 Å². The van der Waals surface area contributed by atoms with Crippen molar-refractivity contribution in [3.63, 3.8) is 0 Å². The monoisotopic (exact) mass is 394 g/mol. The summed E-state index contributed by atoms with van der Waals surface area (Å²) in [5, 5.41) is 13.9. The molecule has 0 aliphatic heterocycles. The molecule has 0 saturated heterocycles. The zero-order chi connectivity index (χ0) is 20.3. The van der Waals surface area contributed by atoms with E-state index < -0.39 is 0 Å². The van der Waals surface area contributed by atoms with Crippen LogP contribution in [-0.2, 0) is 20.0 Å². The lowest BCUT2D eigenvalue weighted by Crippen LogP contribution is -2.03. The van der Waals surface area contributed by atoms with Crippen molar-refractivity contribution in [2.75, 3.05) is 0 Å². The number of unbranched alkanes of at least 4 members (excludes halogenated alkanes) is 8. The summed E-state index contributed by atoms with van der Waals surface area (Å²) in [6.45, 7) is 6.56. The molecule has 1 aromatic carbocycles. The first-order valence-corrected chi connectivity index (χ1v) is 10.9. The quantitative estimate of drug-likeness (QED) is 0.110. The first-order valence-electron chi connectivity index (χ1n) is 10.9. The van der Waals surface area contributed by atoms with Gasteiger partial charge in [0.25, 0.3) is 0 Å².